The van der Waals surface area contributed by atoms with Crippen LogP contribution >= 0.6 is 0 Å². The van der Waals surface area contributed by atoms with Crippen molar-refractivity contribution in [3.05, 3.63) is 156 Å². The summed E-state index contributed by atoms with van der Waals surface area (Å²) in [7, 11) is 0. The minimum atomic E-state index is 0.537. The maximum atomic E-state index is 6.24. The molecule has 210 valence electrons. The Bertz CT molecular complexity index is 1890. The summed E-state index contributed by atoms with van der Waals surface area (Å²) < 4.78 is 12.5. The smallest absolute Gasteiger partial charge is 0.219 e. The molecule has 0 radical (unpaired) electrons. The summed E-state index contributed by atoms with van der Waals surface area (Å²) in [5.74, 6) is 2.45. The van der Waals surface area contributed by atoms with Crippen molar-refractivity contribution in [2.24, 2.45) is 0 Å². The van der Waals surface area contributed by atoms with Gasteiger partial charge in [0.15, 0.2) is 0 Å². The SMILES string of the molecule is C1=Cc2ccc(Oc3ccccn3)cc2N(N2c3ccccc3C=Cc3ccc(Oc4ccccn4)cc32)c2ccccc21. The zero-order chi connectivity index (χ0) is 29.3. The molecule has 4 aromatic carbocycles. The van der Waals surface area contributed by atoms with Gasteiger partial charge in [-0.25, -0.2) is 20.0 Å². The Morgan fingerprint density at radius 3 is 1.23 bits per heavy atom. The number of rotatable bonds is 5. The average Bonchev–Trinajstić information content (AvgIpc) is 3.33. The molecule has 44 heavy (non-hydrogen) atoms. The summed E-state index contributed by atoms with van der Waals surface area (Å²) in [6.45, 7) is 0. The molecule has 0 N–H and O–H groups in total. The van der Waals surface area contributed by atoms with E-state index in [0.717, 1.165) is 45.0 Å². The molecule has 0 amide bonds. The fourth-order valence-corrected chi connectivity index (χ4v) is 5.57. The molecule has 2 aliphatic heterocycles. The quantitative estimate of drug-likeness (QED) is 0.206. The molecule has 4 heterocycles. The summed E-state index contributed by atoms with van der Waals surface area (Å²) in [6, 6.07) is 40.4. The van der Waals surface area contributed by atoms with Crippen molar-refractivity contribution in [2.45, 2.75) is 0 Å². The molecule has 0 saturated heterocycles. The zero-order valence-corrected chi connectivity index (χ0v) is 23.6. The number of fused-ring (bicyclic) bond motifs is 4. The van der Waals surface area contributed by atoms with E-state index in [9.17, 15) is 0 Å². The molecule has 0 bridgehead atoms. The maximum absolute atomic E-state index is 6.24. The number of hydrogen-bond acceptors (Lipinski definition) is 6. The third kappa shape index (κ3) is 4.74. The third-order valence-electron chi connectivity index (χ3n) is 7.60. The number of aromatic nitrogens is 2. The first kappa shape index (κ1) is 25.6. The van der Waals surface area contributed by atoms with Crippen LogP contribution in [0.2, 0.25) is 0 Å². The minimum Gasteiger partial charge on any atom is -0.439 e. The molecule has 0 aliphatic carbocycles. The van der Waals surface area contributed by atoms with Gasteiger partial charge in [0.25, 0.3) is 0 Å². The van der Waals surface area contributed by atoms with Crippen molar-refractivity contribution >= 4 is 47.1 Å². The van der Waals surface area contributed by atoms with Crippen molar-refractivity contribution in [1.82, 2.24) is 9.97 Å². The first-order valence-electron chi connectivity index (χ1n) is 14.4. The van der Waals surface area contributed by atoms with Crippen molar-refractivity contribution in [3.8, 4) is 23.3 Å². The summed E-state index contributed by atoms with van der Waals surface area (Å²) >= 11 is 0. The first-order valence-corrected chi connectivity index (χ1v) is 14.4. The Labute approximate surface area is 255 Å². The summed E-state index contributed by atoms with van der Waals surface area (Å²) in [4.78, 5) is 8.76. The lowest BCUT2D eigenvalue weighted by molar-refractivity contribution is 0.462. The van der Waals surface area contributed by atoms with Crippen LogP contribution in [-0.4, -0.2) is 9.97 Å². The van der Waals surface area contributed by atoms with Gasteiger partial charge in [0.05, 0.1) is 22.7 Å². The number of pyridine rings is 2. The van der Waals surface area contributed by atoms with E-state index < -0.39 is 0 Å². The number of anilines is 4. The molecule has 0 unspecified atom stereocenters. The molecule has 2 aliphatic rings. The van der Waals surface area contributed by atoms with Gasteiger partial charge < -0.3 is 9.47 Å². The number of ether oxygens (including phenoxy) is 2. The highest BCUT2D eigenvalue weighted by Crippen LogP contribution is 2.47. The van der Waals surface area contributed by atoms with Gasteiger partial charge in [-0.15, -0.1) is 0 Å². The molecule has 8 rings (SSSR count). The standard InChI is InChI=1S/C38H26N4O2/c1-3-11-33-27(9-1)15-17-29-19-21-31(43-37-13-5-7-23-39-37)25-35(29)41(33)42-34-12-4-2-10-28(34)16-18-30-20-22-32(26-36(30)42)44-38-14-6-8-24-40-38/h1-26H. The van der Waals surface area contributed by atoms with Crippen molar-refractivity contribution in [2.75, 3.05) is 10.0 Å². The lowest BCUT2D eigenvalue weighted by atomic mass is 10.1. The van der Waals surface area contributed by atoms with E-state index in [1.807, 2.05) is 48.5 Å². The minimum absolute atomic E-state index is 0.537. The van der Waals surface area contributed by atoms with Crippen molar-refractivity contribution in [3.63, 3.8) is 0 Å². The van der Waals surface area contributed by atoms with Crippen LogP contribution < -0.4 is 19.5 Å². The van der Waals surface area contributed by atoms with E-state index in [1.54, 1.807) is 12.4 Å². The van der Waals surface area contributed by atoms with Gasteiger partial charge in [-0.05, 0) is 48.5 Å². The highest BCUT2D eigenvalue weighted by Gasteiger charge is 2.30. The van der Waals surface area contributed by atoms with Crippen LogP contribution in [0.3, 0.4) is 0 Å². The second-order valence-electron chi connectivity index (χ2n) is 10.4. The highest BCUT2D eigenvalue weighted by atomic mass is 16.5. The van der Waals surface area contributed by atoms with Crippen LogP contribution in [0.4, 0.5) is 22.7 Å². The number of hydrazine groups is 1. The second kappa shape index (κ2) is 10.9. The van der Waals surface area contributed by atoms with Crippen LogP contribution in [0, 0.1) is 0 Å². The van der Waals surface area contributed by atoms with Gasteiger partial charge in [0, 0.05) is 58.9 Å². The van der Waals surface area contributed by atoms with Crippen LogP contribution in [0.1, 0.15) is 22.3 Å². The lowest BCUT2D eigenvalue weighted by Crippen LogP contribution is -2.37. The number of nitrogens with zero attached hydrogens (tertiary/aromatic N) is 4. The Morgan fingerprint density at radius 2 is 0.795 bits per heavy atom. The molecule has 0 fully saturated rings. The maximum Gasteiger partial charge on any atom is 0.219 e. The van der Waals surface area contributed by atoms with Crippen LogP contribution in [0.15, 0.2) is 134 Å². The zero-order valence-electron chi connectivity index (χ0n) is 23.6. The van der Waals surface area contributed by atoms with Gasteiger partial charge in [-0.3, -0.25) is 0 Å². The van der Waals surface area contributed by atoms with E-state index in [-0.39, 0.29) is 0 Å². The predicted molar refractivity (Wildman–Crippen MR) is 177 cm³/mol. The molecular weight excluding hydrogens is 544 g/mol. The van der Waals surface area contributed by atoms with E-state index >= 15 is 0 Å². The molecule has 0 atom stereocenters. The topological polar surface area (TPSA) is 50.7 Å². The molecule has 6 heteroatoms. The number of hydrogen-bond donors (Lipinski definition) is 0. The van der Waals surface area contributed by atoms with Crippen LogP contribution in [0.5, 0.6) is 23.3 Å². The largest absolute Gasteiger partial charge is 0.439 e. The number of benzene rings is 4. The molecule has 6 aromatic rings. The Morgan fingerprint density at radius 1 is 0.386 bits per heavy atom. The Kier molecular flexibility index (Phi) is 6.35. The van der Waals surface area contributed by atoms with E-state index in [0.29, 0.717) is 23.3 Å². The highest BCUT2D eigenvalue weighted by molar-refractivity contribution is 5.97. The summed E-state index contributed by atoms with van der Waals surface area (Å²) in [6.07, 6.45) is 12.1. The normalized spacial score (nSPS) is 12.7. The lowest BCUT2D eigenvalue weighted by Gasteiger charge is -2.40. The molecule has 6 nitrogen and oxygen atoms in total. The Balaban J connectivity index is 1.35. The Hall–Kier alpha value is -6.14. The molecular formula is C38H26N4O2. The van der Waals surface area contributed by atoms with Gasteiger partial charge in [0.1, 0.15) is 11.5 Å². The first-order chi connectivity index (χ1) is 21.8. The van der Waals surface area contributed by atoms with Crippen molar-refractivity contribution in [1.29, 1.82) is 0 Å². The van der Waals surface area contributed by atoms with Gasteiger partial charge in [0.2, 0.25) is 11.8 Å². The fourth-order valence-electron chi connectivity index (χ4n) is 5.57. The summed E-state index contributed by atoms with van der Waals surface area (Å²) in [5.41, 5.74) is 8.24. The van der Waals surface area contributed by atoms with Gasteiger partial charge in [-0.2, -0.15) is 0 Å². The van der Waals surface area contributed by atoms with Crippen LogP contribution in [-0.2, 0) is 0 Å². The van der Waals surface area contributed by atoms with Crippen LogP contribution in [0.25, 0.3) is 24.3 Å². The summed E-state index contributed by atoms with van der Waals surface area (Å²) in [5, 5.41) is 4.54. The van der Waals surface area contributed by atoms with Gasteiger partial charge in [-0.1, -0.05) is 72.8 Å². The second-order valence-corrected chi connectivity index (χ2v) is 10.4. The predicted octanol–water partition coefficient (Wildman–Crippen LogP) is 9.92. The average molecular weight is 571 g/mol. The van der Waals surface area contributed by atoms with E-state index in [4.69, 9.17) is 9.47 Å². The van der Waals surface area contributed by atoms with E-state index in [1.165, 1.54) is 0 Å². The molecule has 0 spiro atoms. The fraction of sp³-hybridized carbons (Fsp3) is 0. The third-order valence-corrected chi connectivity index (χ3v) is 7.60. The molecule has 0 saturated carbocycles. The molecule has 2 aromatic heterocycles. The monoisotopic (exact) mass is 570 g/mol. The van der Waals surface area contributed by atoms with Gasteiger partial charge >= 0.3 is 0 Å². The van der Waals surface area contributed by atoms with Crippen molar-refractivity contribution < 1.29 is 9.47 Å². The number of para-hydroxylation sites is 2. The van der Waals surface area contributed by atoms with E-state index in [2.05, 4.69) is 117 Å².